The Hall–Kier alpha value is -1.66. The Morgan fingerprint density at radius 1 is 1.35 bits per heavy atom. The number of phenolic OH excluding ortho intramolecular Hbond substituents is 1. The van der Waals surface area contributed by atoms with Crippen LogP contribution in [0.15, 0.2) is 18.2 Å². The number of hydrogen-bond acceptors (Lipinski definition) is 4. The molecule has 6 heteroatoms. The molecule has 0 bridgehead atoms. The number of carbonyl (C=O) groups excluding carboxylic acids is 1. The minimum absolute atomic E-state index is 0.0277. The first-order valence-electron chi connectivity index (χ1n) is 6.65. The van der Waals surface area contributed by atoms with E-state index in [4.69, 9.17) is 9.47 Å². The van der Waals surface area contributed by atoms with Gasteiger partial charge >= 0.3 is 0 Å². The standard InChI is InChI=1S/C14H16FNO4/c15-10-2-3-12(17)11(8-10)13(18)16-5-1-4-14(9-16)19-6-7-20-14/h2-3,8,17H,1,4-7,9H2. The van der Waals surface area contributed by atoms with Crippen molar-refractivity contribution in [2.24, 2.45) is 0 Å². The third kappa shape index (κ3) is 2.36. The van der Waals surface area contributed by atoms with E-state index in [9.17, 15) is 14.3 Å². The second-order valence-corrected chi connectivity index (χ2v) is 5.10. The van der Waals surface area contributed by atoms with Crippen LogP contribution >= 0.6 is 0 Å². The Morgan fingerprint density at radius 3 is 2.85 bits per heavy atom. The number of likely N-dealkylation sites (tertiary alicyclic amines) is 1. The molecule has 1 aromatic rings. The summed E-state index contributed by atoms with van der Waals surface area (Å²) in [4.78, 5) is 13.9. The largest absolute Gasteiger partial charge is 0.507 e. The van der Waals surface area contributed by atoms with Crippen LogP contribution in [0.4, 0.5) is 4.39 Å². The van der Waals surface area contributed by atoms with Crippen LogP contribution in [-0.2, 0) is 9.47 Å². The predicted octanol–water partition coefficient (Wildman–Crippen LogP) is 1.51. The number of aromatic hydroxyl groups is 1. The highest BCUT2D eigenvalue weighted by molar-refractivity contribution is 5.96. The molecule has 1 aromatic carbocycles. The van der Waals surface area contributed by atoms with Crippen LogP contribution in [0.3, 0.4) is 0 Å². The molecule has 0 unspecified atom stereocenters. The smallest absolute Gasteiger partial charge is 0.257 e. The molecule has 108 valence electrons. The first kappa shape index (κ1) is 13.3. The molecule has 1 spiro atoms. The molecule has 1 amide bonds. The van der Waals surface area contributed by atoms with Gasteiger partial charge in [-0.2, -0.15) is 0 Å². The zero-order chi connectivity index (χ0) is 14.2. The highest BCUT2D eigenvalue weighted by atomic mass is 19.1. The van der Waals surface area contributed by atoms with Gasteiger partial charge in [-0.3, -0.25) is 4.79 Å². The van der Waals surface area contributed by atoms with E-state index in [-0.39, 0.29) is 11.3 Å². The fraction of sp³-hybridized carbons (Fsp3) is 0.500. The van der Waals surface area contributed by atoms with Gasteiger partial charge in [-0.05, 0) is 24.6 Å². The van der Waals surface area contributed by atoms with Crippen LogP contribution in [0.25, 0.3) is 0 Å². The van der Waals surface area contributed by atoms with Gasteiger partial charge in [0.25, 0.3) is 5.91 Å². The molecule has 1 N–H and O–H groups in total. The Labute approximate surface area is 115 Å². The lowest BCUT2D eigenvalue weighted by Crippen LogP contribution is -2.51. The third-order valence-electron chi connectivity index (χ3n) is 3.71. The number of amides is 1. The highest BCUT2D eigenvalue weighted by Crippen LogP contribution is 2.31. The van der Waals surface area contributed by atoms with Crippen molar-refractivity contribution in [3.63, 3.8) is 0 Å². The van der Waals surface area contributed by atoms with Crippen LogP contribution in [0.2, 0.25) is 0 Å². The molecule has 2 heterocycles. The number of rotatable bonds is 1. The number of carbonyl (C=O) groups is 1. The summed E-state index contributed by atoms with van der Waals surface area (Å²) in [6.07, 6.45) is 1.49. The predicted molar refractivity (Wildman–Crippen MR) is 67.8 cm³/mol. The molecule has 2 saturated heterocycles. The Balaban J connectivity index is 1.81. The van der Waals surface area contributed by atoms with E-state index in [1.54, 1.807) is 4.90 Å². The fourth-order valence-electron chi connectivity index (χ4n) is 2.74. The number of nitrogens with zero attached hydrogens (tertiary/aromatic N) is 1. The first-order valence-corrected chi connectivity index (χ1v) is 6.65. The second-order valence-electron chi connectivity index (χ2n) is 5.10. The third-order valence-corrected chi connectivity index (χ3v) is 3.71. The molecule has 2 aliphatic heterocycles. The minimum Gasteiger partial charge on any atom is -0.507 e. The maximum Gasteiger partial charge on any atom is 0.257 e. The fourth-order valence-corrected chi connectivity index (χ4v) is 2.74. The van der Waals surface area contributed by atoms with Gasteiger partial charge in [-0.15, -0.1) is 0 Å². The van der Waals surface area contributed by atoms with Crippen molar-refractivity contribution in [3.8, 4) is 5.75 Å². The Kier molecular flexibility index (Phi) is 3.35. The first-order chi connectivity index (χ1) is 9.60. The summed E-state index contributed by atoms with van der Waals surface area (Å²) in [7, 11) is 0. The summed E-state index contributed by atoms with van der Waals surface area (Å²) in [5.74, 6) is -1.90. The van der Waals surface area contributed by atoms with E-state index in [0.29, 0.717) is 26.3 Å². The maximum absolute atomic E-state index is 13.2. The zero-order valence-electron chi connectivity index (χ0n) is 11.0. The van der Waals surface area contributed by atoms with Crippen LogP contribution < -0.4 is 0 Å². The van der Waals surface area contributed by atoms with E-state index in [2.05, 4.69) is 0 Å². The molecule has 0 atom stereocenters. The lowest BCUT2D eigenvalue weighted by molar-refractivity contribution is -0.183. The molecular weight excluding hydrogens is 265 g/mol. The van der Waals surface area contributed by atoms with Crippen LogP contribution in [0.5, 0.6) is 5.75 Å². The van der Waals surface area contributed by atoms with E-state index < -0.39 is 17.5 Å². The zero-order valence-corrected chi connectivity index (χ0v) is 11.0. The van der Waals surface area contributed by atoms with Gasteiger partial charge in [0.2, 0.25) is 0 Å². The molecule has 2 fully saturated rings. The lowest BCUT2D eigenvalue weighted by Gasteiger charge is -2.38. The van der Waals surface area contributed by atoms with E-state index in [0.717, 1.165) is 25.0 Å². The summed E-state index contributed by atoms with van der Waals surface area (Å²) in [5, 5.41) is 9.72. The Morgan fingerprint density at radius 2 is 2.10 bits per heavy atom. The van der Waals surface area contributed by atoms with Gasteiger partial charge in [0.15, 0.2) is 5.79 Å². The van der Waals surface area contributed by atoms with Gasteiger partial charge in [0, 0.05) is 13.0 Å². The van der Waals surface area contributed by atoms with E-state index in [1.165, 1.54) is 6.07 Å². The van der Waals surface area contributed by atoms with Crippen molar-refractivity contribution < 1.29 is 23.8 Å². The normalized spacial score (nSPS) is 21.4. The molecule has 0 aromatic heterocycles. The van der Waals surface area contributed by atoms with E-state index in [1.807, 2.05) is 0 Å². The molecule has 0 aliphatic carbocycles. The van der Waals surface area contributed by atoms with Gasteiger partial charge < -0.3 is 19.5 Å². The molecule has 3 rings (SSSR count). The average Bonchev–Trinajstić information content (AvgIpc) is 2.88. The number of ether oxygens (including phenoxy) is 2. The molecule has 5 nitrogen and oxygen atoms in total. The number of piperidine rings is 1. The van der Waals surface area contributed by atoms with Crippen molar-refractivity contribution in [1.29, 1.82) is 0 Å². The summed E-state index contributed by atoms with van der Waals surface area (Å²) < 4.78 is 24.4. The van der Waals surface area contributed by atoms with E-state index >= 15 is 0 Å². The van der Waals surface area contributed by atoms with Gasteiger partial charge in [-0.25, -0.2) is 4.39 Å². The summed E-state index contributed by atoms with van der Waals surface area (Å²) in [5.41, 5.74) is -0.0277. The van der Waals surface area contributed by atoms with Crippen molar-refractivity contribution in [2.75, 3.05) is 26.3 Å². The number of benzene rings is 1. The quantitative estimate of drug-likeness (QED) is 0.847. The molecule has 0 saturated carbocycles. The SMILES string of the molecule is O=C(c1cc(F)ccc1O)N1CCCC2(C1)OCCO2. The van der Waals surface area contributed by atoms with Gasteiger partial charge in [0.05, 0.1) is 25.3 Å². The average molecular weight is 281 g/mol. The number of halogens is 1. The number of phenols is 1. The van der Waals surface area contributed by atoms with Crippen LogP contribution in [0.1, 0.15) is 23.2 Å². The van der Waals surface area contributed by atoms with Gasteiger partial charge in [-0.1, -0.05) is 0 Å². The topological polar surface area (TPSA) is 59.0 Å². The molecular formula is C14H16FNO4. The lowest BCUT2D eigenvalue weighted by atomic mass is 10.0. The summed E-state index contributed by atoms with van der Waals surface area (Å²) >= 11 is 0. The van der Waals surface area contributed by atoms with Crippen LogP contribution in [0, 0.1) is 5.82 Å². The monoisotopic (exact) mass is 281 g/mol. The summed E-state index contributed by atoms with van der Waals surface area (Å²) in [6.45, 7) is 1.89. The van der Waals surface area contributed by atoms with Crippen molar-refractivity contribution in [2.45, 2.75) is 18.6 Å². The van der Waals surface area contributed by atoms with Crippen molar-refractivity contribution >= 4 is 5.91 Å². The highest BCUT2D eigenvalue weighted by Gasteiger charge is 2.42. The second kappa shape index (κ2) is 5.03. The minimum atomic E-state index is -0.725. The summed E-state index contributed by atoms with van der Waals surface area (Å²) in [6, 6.07) is 3.35. The molecule has 20 heavy (non-hydrogen) atoms. The van der Waals surface area contributed by atoms with Crippen molar-refractivity contribution in [3.05, 3.63) is 29.6 Å². The van der Waals surface area contributed by atoms with Crippen molar-refractivity contribution in [1.82, 2.24) is 4.90 Å². The molecule has 0 radical (unpaired) electrons. The van der Waals surface area contributed by atoms with Crippen LogP contribution in [-0.4, -0.2) is 48.0 Å². The molecule has 2 aliphatic rings. The number of hydrogen-bond donors (Lipinski definition) is 1. The Bertz CT molecular complexity index is 528. The maximum atomic E-state index is 13.2. The van der Waals surface area contributed by atoms with Gasteiger partial charge in [0.1, 0.15) is 11.6 Å².